The molecule has 36 heavy (non-hydrogen) atoms. The fourth-order valence-electron chi connectivity index (χ4n) is 3.80. The Hall–Kier alpha value is -3.94. The Morgan fingerprint density at radius 3 is 2.58 bits per heavy atom. The molecule has 3 N–H and O–H groups in total. The molecule has 5 rings (SSSR count). The van der Waals surface area contributed by atoms with Crippen LogP contribution in [-0.4, -0.2) is 51.3 Å². The van der Waals surface area contributed by atoms with Gasteiger partial charge in [-0.2, -0.15) is 0 Å². The Kier molecular flexibility index (Phi) is 5.70. The summed E-state index contributed by atoms with van der Waals surface area (Å²) in [6, 6.07) is 6.03. The number of hydrogen-bond donors (Lipinski definition) is 3. The van der Waals surface area contributed by atoms with E-state index in [0.717, 1.165) is 6.26 Å². The highest BCUT2D eigenvalue weighted by Crippen LogP contribution is 2.36. The number of anilines is 3. The van der Waals surface area contributed by atoms with Crippen LogP contribution >= 0.6 is 0 Å². The summed E-state index contributed by atoms with van der Waals surface area (Å²) in [6.45, 7) is 0. The second-order valence-corrected chi connectivity index (χ2v) is 10.5. The lowest BCUT2D eigenvalue weighted by atomic mass is 10.1. The van der Waals surface area contributed by atoms with Crippen LogP contribution in [0.4, 0.5) is 30.4 Å². The number of nitrogens with zero attached hydrogens (tertiary/aromatic N) is 4. The summed E-state index contributed by atoms with van der Waals surface area (Å²) in [5, 5.41) is 5.42. The van der Waals surface area contributed by atoms with E-state index < -0.39 is 40.1 Å². The number of aromatic amines is 1. The molecule has 14 heteroatoms. The van der Waals surface area contributed by atoms with Crippen molar-refractivity contribution < 1.29 is 26.4 Å². The number of halogens is 3. The number of pyridine rings is 1. The zero-order chi connectivity index (χ0) is 25.8. The average Bonchev–Trinajstić information content (AvgIpc) is 3.16. The molecular weight excluding hydrogens is 499 g/mol. The molecule has 1 aliphatic carbocycles. The molecule has 2 atom stereocenters. The quantitative estimate of drug-likeness (QED) is 0.339. The number of aryl methyl sites for hydroxylation is 1. The van der Waals surface area contributed by atoms with Crippen LogP contribution in [0.15, 0.2) is 41.7 Å². The number of fused-ring (bicyclic) bond motifs is 1. The van der Waals surface area contributed by atoms with Gasteiger partial charge in [-0.1, -0.05) is 6.07 Å². The number of carbonyl (C=O) groups is 1. The van der Waals surface area contributed by atoms with E-state index in [-0.39, 0.29) is 39.7 Å². The Balaban J connectivity index is 1.59. The number of benzene rings is 1. The monoisotopic (exact) mass is 519 g/mol. The second-order valence-electron chi connectivity index (χ2n) is 8.52. The van der Waals surface area contributed by atoms with Crippen molar-refractivity contribution in [3.05, 3.63) is 42.6 Å². The molecule has 3 heterocycles. The maximum Gasteiger partial charge on any atom is 0.295 e. The van der Waals surface area contributed by atoms with E-state index in [2.05, 4.69) is 30.6 Å². The summed E-state index contributed by atoms with van der Waals surface area (Å²) in [4.78, 5) is 26.6. The number of amides is 1. The lowest BCUT2D eigenvalue weighted by Gasteiger charge is -2.14. The topological polar surface area (TPSA) is 135 Å². The van der Waals surface area contributed by atoms with Gasteiger partial charge in [-0.05, 0) is 18.6 Å². The highest BCUT2D eigenvalue weighted by Gasteiger charge is 2.43. The van der Waals surface area contributed by atoms with Crippen molar-refractivity contribution in [1.82, 2.24) is 24.5 Å². The summed E-state index contributed by atoms with van der Waals surface area (Å²) >= 11 is 0. The fourth-order valence-corrected chi connectivity index (χ4v) is 4.66. The molecule has 0 bridgehead atoms. The zero-order valence-corrected chi connectivity index (χ0v) is 19.8. The minimum absolute atomic E-state index is 0.0474. The highest BCUT2D eigenvalue weighted by atomic mass is 32.2. The van der Waals surface area contributed by atoms with Crippen molar-refractivity contribution in [2.45, 2.75) is 23.9 Å². The largest absolute Gasteiger partial charge is 0.353 e. The smallest absolute Gasteiger partial charge is 0.295 e. The van der Waals surface area contributed by atoms with Crippen LogP contribution in [0.2, 0.25) is 0 Å². The minimum atomic E-state index is -3.74. The fraction of sp³-hybridized carbons (Fsp3) is 0.273. The molecule has 0 radical (unpaired) electrons. The summed E-state index contributed by atoms with van der Waals surface area (Å²) in [7, 11) is -1.98. The molecular formula is C22H20F3N7O3S. The number of hydrogen-bond acceptors (Lipinski definition) is 7. The van der Waals surface area contributed by atoms with Crippen molar-refractivity contribution in [1.29, 1.82) is 0 Å². The van der Waals surface area contributed by atoms with Crippen LogP contribution in [0.1, 0.15) is 18.7 Å². The van der Waals surface area contributed by atoms with Crippen LogP contribution < -0.4 is 10.6 Å². The third kappa shape index (κ3) is 4.51. The van der Waals surface area contributed by atoms with Gasteiger partial charge in [-0.15, -0.1) is 0 Å². The minimum Gasteiger partial charge on any atom is -0.353 e. The SMILES string of the molecule is Cn1cncc1-c1ccc(Nc2cc(NC(=O)[C@H]3CC3F)nc3nc(C(F)F)[nH]c23)c(S(C)(=O)=O)c1. The second kappa shape index (κ2) is 8.62. The van der Waals surface area contributed by atoms with Gasteiger partial charge in [0.15, 0.2) is 21.3 Å². The molecule has 1 amide bonds. The van der Waals surface area contributed by atoms with Crippen molar-refractivity contribution in [2.75, 3.05) is 16.9 Å². The molecule has 1 saturated carbocycles. The van der Waals surface area contributed by atoms with Gasteiger partial charge < -0.3 is 20.2 Å². The van der Waals surface area contributed by atoms with Crippen molar-refractivity contribution in [3.8, 4) is 11.3 Å². The molecule has 1 aromatic carbocycles. The molecule has 1 aliphatic rings. The zero-order valence-electron chi connectivity index (χ0n) is 19.0. The highest BCUT2D eigenvalue weighted by molar-refractivity contribution is 7.90. The first-order valence-electron chi connectivity index (χ1n) is 10.7. The van der Waals surface area contributed by atoms with E-state index in [1.165, 1.54) is 18.2 Å². The molecule has 1 fully saturated rings. The number of nitrogens with one attached hydrogen (secondary N) is 3. The summed E-state index contributed by atoms with van der Waals surface area (Å²) in [6.07, 6.45) is 0.150. The number of sulfone groups is 1. The maximum absolute atomic E-state index is 13.3. The first-order valence-corrected chi connectivity index (χ1v) is 12.6. The van der Waals surface area contributed by atoms with Crippen molar-refractivity contribution in [3.63, 3.8) is 0 Å². The average molecular weight is 520 g/mol. The summed E-state index contributed by atoms with van der Waals surface area (Å²) < 4.78 is 67.0. The lowest BCUT2D eigenvalue weighted by Crippen LogP contribution is -2.16. The Morgan fingerprint density at radius 2 is 1.97 bits per heavy atom. The number of aromatic nitrogens is 5. The van der Waals surface area contributed by atoms with Gasteiger partial charge in [0.25, 0.3) is 6.43 Å². The van der Waals surface area contributed by atoms with Gasteiger partial charge in [0, 0.05) is 24.9 Å². The predicted molar refractivity (Wildman–Crippen MR) is 126 cm³/mol. The third-order valence-corrected chi connectivity index (χ3v) is 6.89. The number of H-pyrrole nitrogens is 1. The predicted octanol–water partition coefficient (Wildman–Crippen LogP) is 3.74. The van der Waals surface area contributed by atoms with E-state index >= 15 is 0 Å². The van der Waals surface area contributed by atoms with Crippen LogP contribution in [0.3, 0.4) is 0 Å². The normalized spacial score (nSPS) is 17.5. The van der Waals surface area contributed by atoms with Crippen molar-refractivity contribution in [2.24, 2.45) is 13.0 Å². The number of carbonyl (C=O) groups excluding carboxylic acids is 1. The Morgan fingerprint density at radius 1 is 1.22 bits per heavy atom. The Labute approximate surface area is 202 Å². The molecule has 0 aliphatic heterocycles. The van der Waals surface area contributed by atoms with Gasteiger partial charge in [-0.25, -0.2) is 36.5 Å². The molecule has 188 valence electrons. The van der Waals surface area contributed by atoms with E-state index in [4.69, 9.17) is 0 Å². The lowest BCUT2D eigenvalue weighted by molar-refractivity contribution is -0.117. The molecule has 0 saturated heterocycles. The van der Waals surface area contributed by atoms with Crippen LogP contribution in [0.25, 0.3) is 22.4 Å². The van der Waals surface area contributed by atoms with Crippen molar-refractivity contribution >= 4 is 44.1 Å². The first-order chi connectivity index (χ1) is 17.0. The van der Waals surface area contributed by atoms with E-state index in [1.807, 2.05) is 0 Å². The van der Waals surface area contributed by atoms with Crippen LogP contribution in [0.5, 0.6) is 0 Å². The van der Waals surface area contributed by atoms with Crippen LogP contribution in [0, 0.1) is 5.92 Å². The van der Waals surface area contributed by atoms with Gasteiger partial charge >= 0.3 is 0 Å². The molecule has 4 aromatic rings. The Bertz CT molecular complexity index is 1600. The number of alkyl halides is 3. The first kappa shape index (κ1) is 23.8. The van der Waals surface area contributed by atoms with E-state index in [0.29, 0.717) is 11.3 Å². The van der Waals surface area contributed by atoms with Gasteiger partial charge in [0.1, 0.15) is 17.5 Å². The van der Waals surface area contributed by atoms with E-state index in [9.17, 15) is 26.4 Å². The van der Waals surface area contributed by atoms with Gasteiger partial charge in [-0.3, -0.25) is 4.79 Å². The van der Waals surface area contributed by atoms with Gasteiger partial charge in [0.05, 0.1) is 40.4 Å². The third-order valence-electron chi connectivity index (χ3n) is 5.75. The molecule has 1 unspecified atom stereocenters. The standard InChI is InChI=1S/C22H20F3N7O3S/c1-32-9-26-8-15(32)10-3-4-13(16(5-10)36(2,34)35)27-14-7-17(29-22(33)11-6-12(11)23)28-20-18(14)30-21(31-20)19(24)25/h3-5,7-9,11-12,19H,6H2,1-2H3,(H3,27,28,29,30,31,33)/t11-,12?/m0/s1. The van der Waals surface area contributed by atoms with E-state index in [1.54, 1.807) is 30.2 Å². The molecule has 10 nitrogen and oxygen atoms in total. The van der Waals surface area contributed by atoms with Gasteiger partial charge in [0.2, 0.25) is 5.91 Å². The summed E-state index contributed by atoms with van der Waals surface area (Å²) in [5.74, 6) is -2.09. The molecule has 3 aromatic heterocycles. The maximum atomic E-state index is 13.3. The number of rotatable bonds is 7. The molecule has 0 spiro atoms. The van der Waals surface area contributed by atoms with Crippen LogP contribution in [-0.2, 0) is 21.7 Å². The number of imidazole rings is 2. The summed E-state index contributed by atoms with van der Waals surface area (Å²) in [5.41, 5.74) is 1.52.